The van der Waals surface area contributed by atoms with Crippen molar-refractivity contribution >= 4 is 0 Å². The molecule has 0 aromatic carbocycles. The lowest BCUT2D eigenvalue weighted by Crippen LogP contribution is -1.99. The first-order chi connectivity index (χ1) is 4.63. The maximum Gasteiger partial charge on any atom is 0.294 e. The number of rotatable bonds is 4. The van der Waals surface area contributed by atoms with Gasteiger partial charge in [-0.1, -0.05) is 0 Å². The quantitative estimate of drug-likeness (QED) is 0.412. The summed E-state index contributed by atoms with van der Waals surface area (Å²) in [5, 5.41) is 17.9. The fourth-order valence-electron chi connectivity index (χ4n) is 0.233. The van der Waals surface area contributed by atoms with E-state index >= 15 is 0 Å². The van der Waals surface area contributed by atoms with Crippen LogP contribution in [0.5, 0.6) is 0 Å². The second kappa shape index (κ2) is 4.24. The summed E-state index contributed by atoms with van der Waals surface area (Å²) in [5.41, 5.74) is 0. The Balaban J connectivity index is 3.36. The zero-order valence-electron chi connectivity index (χ0n) is 4.80. The van der Waals surface area contributed by atoms with Crippen LogP contribution in [-0.2, 0) is 4.84 Å². The monoisotopic (exact) mass is 148 g/mol. The van der Waals surface area contributed by atoms with Gasteiger partial charge in [0.25, 0.3) is 5.09 Å². The summed E-state index contributed by atoms with van der Waals surface area (Å²) in [6.07, 6.45) is 1.51. The Morgan fingerprint density at radius 3 is 2.40 bits per heavy atom. The van der Waals surface area contributed by atoms with Crippen LogP contribution in [0.15, 0.2) is 12.3 Å². The minimum atomic E-state index is -1.02. The van der Waals surface area contributed by atoms with Crippen LogP contribution in [0, 0.1) is 20.2 Å². The lowest BCUT2D eigenvalue weighted by atomic mass is 10.7. The van der Waals surface area contributed by atoms with Crippen molar-refractivity contribution in [1.29, 1.82) is 0 Å². The molecule has 0 saturated heterocycles. The summed E-state index contributed by atoms with van der Waals surface area (Å²) in [6, 6.07) is 0. The molecule has 0 bridgehead atoms. The zero-order valence-corrected chi connectivity index (χ0v) is 4.80. The summed E-state index contributed by atoms with van der Waals surface area (Å²) in [4.78, 5) is 22.0. The van der Waals surface area contributed by atoms with Gasteiger partial charge in [0.05, 0.1) is 4.92 Å². The third-order valence-corrected chi connectivity index (χ3v) is 0.503. The lowest BCUT2D eigenvalue weighted by Gasteiger charge is -1.86. The first-order valence-corrected chi connectivity index (χ1v) is 2.20. The third-order valence-electron chi connectivity index (χ3n) is 0.503. The van der Waals surface area contributed by atoms with Gasteiger partial charge < -0.3 is 4.84 Å². The molecule has 0 unspecified atom stereocenters. The summed E-state index contributed by atoms with van der Waals surface area (Å²) in [7, 11) is 0. The van der Waals surface area contributed by atoms with Crippen molar-refractivity contribution in [2.24, 2.45) is 0 Å². The van der Waals surface area contributed by atoms with Crippen molar-refractivity contribution in [1.82, 2.24) is 0 Å². The molecular weight excluding hydrogens is 144 g/mol. The van der Waals surface area contributed by atoms with Crippen LogP contribution < -0.4 is 0 Å². The smallest absolute Gasteiger partial charge is 0.294 e. The lowest BCUT2D eigenvalue weighted by molar-refractivity contribution is -0.755. The third kappa shape index (κ3) is 6.34. The molecule has 0 radical (unpaired) electrons. The van der Waals surface area contributed by atoms with Crippen molar-refractivity contribution in [3.8, 4) is 0 Å². The van der Waals surface area contributed by atoms with Gasteiger partial charge in [-0.2, -0.15) is 0 Å². The highest BCUT2D eigenvalue weighted by molar-refractivity contribution is 4.70. The predicted molar refractivity (Wildman–Crippen MR) is 29.1 cm³/mol. The van der Waals surface area contributed by atoms with Gasteiger partial charge in [-0.05, 0) is 0 Å². The van der Waals surface area contributed by atoms with Crippen molar-refractivity contribution in [3.05, 3.63) is 32.5 Å². The van der Waals surface area contributed by atoms with E-state index in [2.05, 4.69) is 4.84 Å². The topological polar surface area (TPSA) is 95.5 Å². The van der Waals surface area contributed by atoms with E-state index in [9.17, 15) is 20.2 Å². The average Bonchev–Trinajstić information content (AvgIpc) is 1.79. The van der Waals surface area contributed by atoms with Crippen LogP contribution in [-0.4, -0.2) is 16.6 Å². The largest absolute Gasteiger partial charge is 0.310 e. The fraction of sp³-hybridized carbons (Fsp3) is 0.333. The van der Waals surface area contributed by atoms with E-state index in [0.29, 0.717) is 6.20 Å². The number of nitro groups is 1. The first kappa shape index (κ1) is 8.34. The molecule has 56 valence electrons. The number of hydrogen-bond donors (Lipinski definition) is 0. The molecule has 0 aliphatic carbocycles. The van der Waals surface area contributed by atoms with Gasteiger partial charge in [-0.3, -0.25) is 10.1 Å². The Morgan fingerprint density at radius 1 is 1.40 bits per heavy atom. The first-order valence-electron chi connectivity index (χ1n) is 2.20. The molecule has 10 heavy (non-hydrogen) atoms. The highest BCUT2D eigenvalue weighted by Crippen LogP contribution is 1.77. The Bertz CT molecular complexity index is 164. The molecule has 0 aromatic heterocycles. The van der Waals surface area contributed by atoms with E-state index in [1.165, 1.54) is 0 Å². The van der Waals surface area contributed by atoms with E-state index in [1.807, 2.05) is 0 Å². The van der Waals surface area contributed by atoms with Crippen LogP contribution in [0.2, 0.25) is 0 Å². The predicted octanol–water partition coefficient (Wildman–Crippen LogP) is -0.0149. The molecular formula is C3H4N2O5. The standard InChI is InChI=1S/C3H4N2O5/c6-4(7)2-1-3-10-5(8)9/h1-2H,3H2. The maximum absolute atomic E-state index is 9.54. The molecule has 0 atom stereocenters. The summed E-state index contributed by atoms with van der Waals surface area (Å²) < 4.78 is 0. The second-order valence-electron chi connectivity index (χ2n) is 1.19. The molecule has 0 spiro atoms. The fourth-order valence-corrected chi connectivity index (χ4v) is 0.233. The summed E-state index contributed by atoms with van der Waals surface area (Å²) in [5.74, 6) is 0. The van der Waals surface area contributed by atoms with E-state index < -0.39 is 16.6 Å². The Hall–Kier alpha value is -1.66. The van der Waals surface area contributed by atoms with Gasteiger partial charge >= 0.3 is 0 Å². The molecule has 0 N–H and O–H groups in total. The zero-order chi connectivity index (χ0) is 7.98. The Morgan fingerprint density at radius 2 is 2.00 bits per heavy atom. The molecule has 0 aliphatic rings. The van der Waals surface area contributed by atoms with Crippen molar-refractivity contribution in [2.45, 2.75) is 0 Å². The van der Waals surface area contributed by atoms with E-state index in [0.717, 1.165) is 6.08 Å². The second-order valence-corrected chi connectivity index (χ2v) is 1.19. The van der Waals surface area contributed by atoms with Gasteiger partial charge in [0.1, 0.15) is 6.61 Å². The summed E-state index contributed by atoms with van der Waals surface area (Å²) in [6.45, 7) is -0.395. The van der Waals surface area contributed by atoms with Gasteiger partial charge in [0.2, 0.25) is 6.20 Å². The van der Waals surface area contributed by atoms with Crippen molar-refractivity contribution < 1.29 is 14.8 Å². The molecule has 0 amide bonds. The van der Waals surface area contributed by atoms with Crippen molar-refractivity contribution in [3.63, 3.8) is 0 Å². The minimum Gasteiger partial charge on any atom is -0.310 e. The SMILES string of the molecule is O=[N+]([O-])C=CCO[N+](=O)[O-]. The van der Waals surface area contributed by atoms with Crippen LogP contribution >= 0.6 is 0 Å². The molecule has 0 rings (SSSR count). The van der Waals surface area contributed by atoms with Crippen molar-refractivity contribution in [2.75, 3.05) is 6.61 Å². The molecule has 0 fully saturated rings. The number of nitrogens with zero attached hydrogens (tertiary/aromatic N) is 2. The highest BCUT2D eigenvalue weighted by atomic mass is 16.9. The Kier molecular flexibility index (Phi) is 3.54. The molecule has 7 nitrogen and oxygen atoms in total. The molecule has 0 heterocycles. The van der Waals surface area contributed by atoms with Gasteiger partial charge in [0.15, 0.2) is 0 Å². The van der Waals surface area contributed by atoms with Crippen LogP contribution in [0.25, 0.3) is 0 Å². The molecule has 0 aromatic rings. The Labute approximate surface area is 55.2 Å². The van der Waals surface area contributed by atoms with E-state index in [-0.39, 0.29) is 0 Å². The maximum atomic E-state index is 9.54. The van der Waals surface area contributed by atoms with Gasteiger partial charge in [-0.25, -0.2) is 0 Å². The van der Waals surface area contributed by atoms with Crippen LogP contribution in [0.3, 0.4) is 0 Å². The normalized spacial score (nSPS) is 9.60. The van der Waals surface area contributed by atoms with Gasteiger partial charge in [0, 0.05) is 6.08 Å². The van der Waals surface area contributed by atoms with Gasteiger partial charge in [-0.15, -0.1) is 10.1 Å². The molecule has 0 saturated carbocycles. The molecule has 7 heteroatoms. The van der Waals surface area contributed by atoms with E-state index in [1.54, 1.807) is 0 Å². The van der Waals surface area contributed by atoms with E-state index in [4.69, 9.17) is 0 Å². The summed E-state index contributed by atoms with van der Waals surface area (Å²) >= 11 is 0. The number of hydrogen-bond acceptors (Lipinski definition) is 5. The average molecular weight is 148 g/mol. The van der Waals surface area contributed by atoms with Crippen LogP contribution in [0.4, 0.5) is 0 Å². The molecule has 0 aliphatic heterocycles. The highest BCUT2D eigenvalue weighted by Gasteiger charge is 1.90. The minimum absolute atomic E-state index is 0.395. The van der Waals surface area contributed by atoms with Crippen LogP contribution in [0.1, 0.15) is 0 Å².